The minimum atomic E-state index is -0.280. The number of rotatable bonds is 6. The third kappa shape index (κ3) is 3.37. The fraction of sp³-hybridized carbons (Fsp3) is 0.462. The normalized spacial score (nSPS) is 12.1. The summed E-state index contributed by atoms with van der Waals surface area (Å²) >= 11 is 0. The van der Waals surface area contributed by atoms with Crippen molar-refractivity contribution in [1.29, 1.82) is 0 Å². The first-order valence-corrected chi connectivity index (χ1v) is 6.01. The van der Waals surface area contributed by atoms with E-state index in [2.05, 4.69) is 6.92 Å². The van der Waals surface area contributed by atoms with E-state index in [1.54, 1.807) is 0 Å². The Morgan fingerprint density at radius 3 is 2.29 bits per heavy atom. The zero-order chi connectivity index (χ0) is 12.8. The minimum absolute atomic E-state index is 0.251. The monoisotopic (exact) mass is 235 g/mol. The van der Waals surface area contributed by atoms with Gasteiger partial charge in [0.25, 0.3) is 0 Å². The molecule has 1 rings (SSSR count). The summed E-state index contributed by atoms with van der Waals surface area (Å²) in [5, 5.41) is 0. The molecule has 0 saturated carbocycles. The van der Waals surface area contributed by atoms with Crippen LogP contribution in [-0.4, -0.2) is 18.5 Å². The van der Waals surface area contributed by atoms with Crippen LogP contribution in [0.15, 0.2) is 24.3 Å². The summed E-state index contributed by atoms with van der Waals surface area (Å²) in [4.78, 5) is 13.5. The fourth-order valence-corrected chi connectivity index (χ4v) is 1.95. The second-order valence-electron chi connectivity index (χ2n) is 4.11. The summed E-state index contributed by atoms with van der Waals surface area (Å²) in [7, 11) is 0. The standard InChI is InChI=1S/C13H21N3O/c1-3-9-16(12(4-2)13(15)17)11-7-5-10(14)6-8-11/h5-8,12H,3-4,9,14H2,1-2H3,(H2,15,17). The third-order valence-corrected chi connectivity index (χ3v) is 2.78. The molecule has 1 unspecified atom stereocenters. The minimum Gasteiger partial charge on any atom is -0.399 e. The van der Waals surface area contributed by atoms with Crippen molar-refractivity contribution >= 4 is 17.3 Å². The summed E-state index contributed by atoms with van der Waals surface area (Å²) < 4.78 is 0. The summed E-state index contributed by atoms with van der Waals surface area (Å²) in [5.41, 5.74) is 12.8. The Kier molecular flexibility index (Phi) is 4.82. The largest absolute Gasteiger partial charge is 0.399 e. The van der Waals surface area contributed by atoms with Crippen molar-refractivity contribution in [3.05, 3.63) is 24.3 Å². The summed E-state index contributed by atoms with van der Waals surface area (Å²) in [6.45, 7) is 4.86. The van der Waals surface area contributed by atoms with E-state index in [-0.39, 0.29) is 11.9 Å². The summed E-state index contributed by atoms with van der Waals surface area (Å²) in [5.74, 6) is -0.280. The molecule has 1 amide bonds. The predicted molar refractivity (Wildman–Crippen MR) is 71.8 cm³/mol. The van der Waals surface area contributed by atoms with Crippen molar-refractivity contribution in [3.8, 4) is 0 Å². The number of nitrogens with zero attached hydrogens (tertiary/aromatic N) is 1. The van der Waals surface area contributed by atoms with Crippen LogP contribution in [0.1, 0.15) is 26.7 Å². The molecule has 0 aliphatic carbocycles. The van der Waals surface area contributed by atoms with E-state index in [1.165, 1.54) is 0 Å². The molecule has 1 atom stereocenters. The van der Waals surface area contributed by atoms with Crippen LogP contribution in [0.5, 0.6) is 0 Å². The molecule has 0 aliphatic heterocycles. The molecule has 0 bridgehead atoms. The number of hydrogen-bond acceptors (Lipinski definition) is 3. The van der Waals surface area contributed by atoms with Crippen LogP contribution >= 0.6 is 0 Å². The van der Waals surface area contributed by atoms with Gasteiger partial charge >= 0.3 is 0 Å². The molecule has 0 saturated heterocycles. The lowest BCUT2D eigenvalue weighted by Gasteiger charge is -2.30. The van der Waals surface area contributed by atoms with Crippen LogP contribution in [0.25, 0.3) is 0 Å². The highest BCUT2D eigenvalue weighted by Gasteiger charge is 2.21. The molecule has 4 nitrogen and oxygen atoms in total. The number of nitrogens with two attached hydrogens (primary N) is 2. The van der Waals surface area contributed by atoms with Crippen LogP contribution in [0.2, 0.25) is 0 Å². The maximum atomic E-state index is 11.4. The molecule has 0 heterocycles. The van der Waals surface area contributed by atoms with Gasteiger partial charge in [0.2, 0.25) is 5.91 Å². The molecule has 1 aromatic carbocycles. The molecule has 4 heteroatoms. The Balaban J connectivity index is 2.98. The Hall–Kier alpha value is -1.71. The van der Waals surface area contributed by atoms with E-state index < -0.39 is 0 Å². The zero-order valence-electron chi connectivity index (χ0n) is 10.5. The van der Waals surface area contributed by atoms with Crippen LogP contribution < -0.4 is 16.4 Å². The van der Waals surface area contributed by atoms with E-state index in [0.717, 1.165) is 24.3 Å². The van der Waals surface area contributed by atoms with Gasteiger partial charge in [-0.3, -0.25) is 4.79 Å². The summed E-state index contributed by atoms with van der Waals surface area (Å²) in [6.07, 6.45) is 1.67. The van der Waals surface area contributed by atoms with Crippen LogP contribution in [0.4, 0.5) is 11.4 Å². The van der Waals surface area contributed by atoms with Crippen molar-refractivity contribution < 1.29 is 4.79 Å². The van der Waals surface area contributed by atoms with Crippen molar-refractivity contribution in [2.24, 2.45) is 5.73 Å². The SMILES string of the molecule is CCCN(c1ccc(N)cc1)C(CC)C(N)=O. The van der Waals surface area contributed by atoms with Gasteiger partial charge in [-0.05, 0) is 37.1 Å². The van der Waals surface area contributed by atoms with E-state index in [0.29, 0.717) is 6.42 Å². The van der Waals surface area contributed by atoms with E-state index in [9.17, 15) is 4.79 Å². The van der Waals surface area contributed by atoms with Gasteiger partial charge in [0.1, 0.15) is 6.04 Å². The number of anilines is 2. The van der Waals surface area contributed by atoms with Gasteiger partial charge in [0.15, 0.2) is 0 Å². The maximum absolute atomic E-state index is 11.4. The highest BCUT2D eigenvalue weighted by Crippen LogP contribution is 2.20. The van der Waals surface area contributed by atoms with Crippen LogP contribution in [0, 0.1) is 0 Å². The molecule has 17 heavy (non-hydrogen) atoms. The van der Waals surface area contributed by atoms with E-state index in [4.69, 9.17) is 11.5 Å². The van der Waals surface area contributed by atoms with Gasteiger partial charge in [-0.1, -0.05) is 13.8 Å². The Morgan fingerprint density at radius 1 is 1.29 bits per heavy atom. The molecule has 0 aliphatic rings. The lowest BCUT2D eigenvalue weighted by atomic mass is 10.1. The van der Waals surface area contributed by atoms with E-state index >= 15 is 0 Å². The van der Waals surface area contributed by atoms with Crippen LogP contribution in [0.3, 0.4) is 0 Å². The molecule has 4 N–H and O–H groups in total. The number of benzene rings is 1. The first-order chi connectivity index (χ1) is 8.10. The Bertz CT molecular complexity index is 361. The molecule has 0 aromatic heterocycles. The topological polar surface area (TPSA) is 72.3 Å². The first-order valence-electron chi connectivity index (χ1n) is 6.01. The van der Waals surface area contributed by atoms with Crippen molar-refractivity contribution in [3.63, 3.8) is 0 Å². The highest BCUT2D eigenvalue weighted by atomic mass is 16.1. The predicted octanol–water partition coefficient (Wildman–Crippen LogP) is 1.75. The molecule has 0 spiro atoms. The van der Waals surface area contributed by atoms with Crippen LogP contribution in [-0.2, 0) is 4.79 Å². The van der Waals surface area contributed by atoms with Crippen molar-refractivity contribution in [1.82, 2.24) is 0 Å². The summed E-state index contributed by atoms with van der Waals surface area (Å²) in [6, 6.07) is 7.28. The van der Waals surface area contributed by atoms with E-state index in [1.807, 2.05) is 36.1 Å². The Morgan fingerprint density at radius 2 is 1.88 bits per heavy atom. The lowest BCUT2D eigenvalue weighted by Crippen LogP contribution is -2.45. The first kappa shape index (κ1) is 13.4. The zero-order valence-corrected chi connectivity index (χ0v) is 10.5. The second kappa shape index (κ2) is 6.13. The van der Waals surface area contributed by atoms with Gasteiger partial charge in [-0.2, -0.15) is 0 Å². The quantitative estimate of drug-likeness (QED) is 0.738. The highest BCUT2D eigenvalue weighted by molar-refractivity contribution is 5.83. The molecule has 0 fully saturated rings. The molecule has 1 aromatic rings. The smallest absolute Gasteiger partial charge is 0.240 e. The second-order valence-corrected chi connectivity index (χ2v) is 4.11. The fourth-order valence-electron chi connectivity index (χ4n) is 1.95. The van der Waals surface area contributed by atoms with Gasteiger partial charge in [-0.25, -0.2) is 0 Å². The maximum Gasteiger partial charge on any atom is 0.240 e. The van der Waals surface area contributed by atoms with Crippen molar-refractivity contribution in [2.45, 2.75) is 32.7 Å². The number of nitrogen functional groups attached to an aromatic ring is 1. The Labute approximate surface area is 103 Å². The number of primary amides is 1. The average Bonchev–Trinajstić information content (AvgIpc) is 2.29. The lowest BCUT2D eigenvalue weighted by molar-refractivity contribution is -0.119. The number of amides is 1. The van der Waals surface area contributed by atoms with Crippen molar-refractivity contribution in [2.75, 3.05) is 17.2 Å². The molecular weight excluding hydrogens is 214 g/mol. The third-order valence-electron chi connectivity index (χ3n) is 2.78. The molecule has 0 radical (unpaired) electrons. The number of hydrogen-bond donors (Lipinski definition) is 2. The molecular formula is C13H21N3O. The van der Waals surface area contributed by atoms with Gasteiger partial charge in [0.05, 0.1) is 0 Å². The van der Waals surface area contributed by atoms with Gasteiger partial charge in [-0.15, -0.1) is 0 Å². The molecule has 94 valence electrons. The number of carbonyl (C=O) groups is 1. The van der Waals surface area contributed by atoms with Gasteiger partial charge in [0, 0.05) is 17.9 Å². The number of carbonyl (C=O) groups excluding carboxylic acids is 1. The average molecular weight is 235 g/mol. The van der Waals surface area contributed by atoms with Gasteiger partial charge < -0.3 is 16.4 Å².